The molecule has 2 N–H and O–H groups in total. The summed E-state index contributed by atoms with van der Waals surface area (Å²) in [5.41, 5.74) is 5.88. The van der Waals surface area contributed by atoms with Crippen LogP contribution in [-0.2, 0) is 9.59 Å². The Labute approximate surface area is 155 Å². The number of anilines is 1. The van der Waals surface area contributed by atoms with E-state index in [1.807, 2.05) is 43.3 Å². The third-order valence-corrected chi connectivity index (χ3v) is 3.72. The smallest absolute Gasteiger partial charge is 0.318 e. The van der Waals surface area contributed by atoms with E-state index in [4.69, 9.17) is 0 Å². The zero-order chi connectivity index (χ0) is 19.2. The number of carbonyl (C=O) groups is 2. The van der Waals surface area contributed by atoms with Gasteiger partial charge in [-0.1, -0.05) is 29.8 Å². The van der Waals surface area contributed by atoms with Gasteiger partial charge in [-0.15, -0.1) is 5.10 Å². The van der Waals surface area contributed by atoms with Gasteiger partial charge < -0.3 is 5.32 Å². The highest BCUT2D eigenvalue weighted by Gasteiger charge is 2.13. The van der Waals surface area contributed by atoms with Gasteiger partial charge in [0.15, 0.2) is 0 Å². The summed E-state index contributed by atoms with van der Waals surface area (Å²) >= 11 is 0. The van der Waals surface area contributed by atoms with Crippen LogP contribution in [0.3, 0.4) is 0 Å². The molecule has 2 aromatic carbocycles. The molecule has 136 valence electrons. The number of rotatable bonds is 4. The molecule has 3 rings (SSSR count). The van der Waals surface area contributed by atoms with Crippen molar-refractivity contribution in [1.82, 2.24) is 25.6 Å². The van der Waals surface area contributed by atoms with E-state index in [0.29, 0.717) is 11.4 Å². The van der Waals surface area contributed by atoms with Crippen LogP contribution in [0.4, 0.5) is 5.69 Å². The van der Waals surface area contributed by atoms with Gasteiger partial charge in [0.1, 0.15) is 6.33 Å². The second kappa shape index (κ2) is 8.00. The van der Waals surface area contributed by atoms with Crippen molar-refractivity contribution in [2.45, 2.75) is 13.8 Å². The lowest BCUT2D eigenvalue weighted by Gasteiger charge is -2.06. The van der Waals surface area contributed by atoms with Crippen LogP contribution in [0.1, 0.15) is 18.1 Å². The van der Waals surface area contributed by atoms with Gasteiger partial charge >= 0.3 is 11.8 Å². The van der Waals surface area contributed by atoms with Gasteiger partial charge in [-0.25, -0.2) is 10.1 Å². The quantitative estimate of drug-likeness (QED) is 0.414. The SMILES string of the molecule is C/C(=N/NC(=O)C(=O)Nc1ccc(C)cc1)c1cccc(-n2cnnn2)c1. The fourth-order valence-electron chi connectivity index (χ4n) is 2.23. The first-order chi connectivity index (χ1) is 13.0. The van der Waals surface area contributed by atoms with Gasteiger partial charge in [0, 0.05) is 5.69 Å². The van der Waals surface area contributed by atoms with E-state index in [2.05, 4.69) is 31.4 Å². The summed E-state index contributed by atoms with van der Waals surface area (Å²) in [6.45, 7) is 3.65. The number of hydrazone groups is 1. The Balaban J connectivity index is 1.64. The van der Waals surface area contributed by atoms with Gasteiger partial charge in [-0.3, -0.25) is 9.59 Å². The fraction of sp³-hybridized carbons (Fsp3) is 0.111. The number of amides is 2. The topological polar surface area (TPSA) is 114 Å². The van der Waals surface area contributed by atoms with Crippen LogP contribution >= 0.6 is 0 Å². The molecule has 0 aliphatic heterocycles. The molecule has 0 radical (unpaired) electrons. The molecule has 1 heterocycles. The van der Waals surface area contributed by atoms with Gasteiger partial charge in [-0.05, 0) is 54.1 Å². The normalized spacial score (nSPS) is 11.1. The van der Waals surface area contributed by atoms with Crippen LogP contribution in [0.2, 0.25) is 0 Å². The molecule has 27 heavy (non-hydrogen) atoms. The predicted octanol–water partition coefficient (Wildman–Crippen LogP) is 1.45. The molecule has 9 heteroatoms. The first-order valence-electron chi connectivity index (χ1n) is 8.09. The molecular weight excluding hydrogens is 346 g/mol. The van der Waals surface area contributed by atoms with Crippen LogP contribution < -0.4 is 10.7 Å². The summed E-state index contributed by atoms with van der Waals surface area (Å²) in [4.78, 5) is 23.9. The Morgan fingerprint density at radius 3 is 2.56 bits per heavy atom. The molecule has 0 aliphatic carbocycles. The Morgan fingerprint density at radius 2 is 1.85 bits per heavy atom. The summed E-state index contributed by atoms with van der Waals surface area (Å²) in [7, 11) is 0. The van der Waals surface area contributed by atoms with Gasteiger partial charge in [-0.2, -0.15) is 5.10 Å². The Hall–Kier alpha value is -3.88. The van der Waals surface area contributed by atoms with Crippen LogP contribution in [-0.4, -0.2) is 37.7 Å². The molecule has 0 fully saturated rings. The molecule has 0 saturated carbocycles. The molecule has 0 bridgehead atoms. The maximum Gasteiger partial charge on any atom is 0.329 e. The minimum Gasteiger partial charge on any atom is -0.318 e. The van der Waals surface area contributed by atoms with Crippen molar-refractivity contribution in [1.29, 1.82) is 0 Å². The number of hydrogen-bond acceptors (Lipinski definition) is 6. The summed E-state index contributed by atoms with van der Waals surface area (Å²) in [5.74, 6) is -1.65. The van der Waals surface area contributed by atoms with E-state index in [0.717, 1.165) is 16.8 Å². The monoisotopic (exact) mass is 363 g/mol. The largest absolute Gasteiger partial charge is 0.329 e. The Morgan fingerprint density at radius 1 is 1.07 bits per heavy atom. The van der Waals surface area contributed by atoms with E-state index in [9.17, 15) is 9.59 Å². The van der Waals surface area contributed by atoms with E-state index in [1.165, 1.54) is 11.0 Å². The van der Waals surface area contributed by atoms with Crippen LogP contribution in [0, 0.1) is 6.92 Å². The predicted molar refractivity (Wildman–Crippen MR) is 99.3 cm³/mol. The average Bonchev–Trinajstić information content (AvgIpc) is 3.22. The van der Waals surface area contributed by atoms with Crippen molar-refractivity contribution in [3.8, 4) is 5.69 Å². The highest BCUT2D eigenvalue weighted by atomic mass is 16.2. The first kappa shape index (κ1) is 17.9. The van der Waals surface area contributed by atoms with Crippen molar-refractivity contribution < 1.29 is 9.59 Å². The van der Waals surface area contributed by atoms with Crippen LogP contribution in [0.15, 0.2) is 60.0 Å². The van der Waals surface area contributed by atoms with Crippen molar-refractivity contribution >= 4 is 23.2 Å². The molecule has 9 nitrogen and oxygen atoms in total. The molecule has 0 spiro atoms. The maximum atomic E-state index is 11.9. The average molecular weight is 363 g/mol. The second-order valence-corrected chi connectivity index (χ2v) is 5.76. The standard InChI is InChI=1S/C18H17N7O2/c1-12-6-8-15(9-7-12)20-17(26)18(27)22-21-13(2)14-4-3-5-16(10-14)25-11-19-23-24-25/h3-11H,1-2H3,(H,20,26)(H,22,27)/b21-13-. The number of tetrazole rings is 1. The third kappa shape index (κ3) is 4.60. The second-order valence-electron chi connectivity index (χ2n) is 5.76. The number of carbonyl (C=O) groups excluding carboxylic acids is 2. The van der Waals surface area contributed by atoms with Gasteiger partial charge in [0.05, 0.1) is 11.4 Å². The lowest BCUT2D eigenvalue weighted by Crippen LogP contribution is -2.32. The molecular formula is C18H17N7O2. The molecule has 3 aromatic rings. The van der Waals surface area contributed by atoms with E-state index in [1.54, 1.807) is 19.1 Å². The van der Waals surface area contributed by atoms with E-state index < -0.39 is 11.8 Å². The number of aromatic nitrogens is 4. The maximum absolute atomic E-state index is 11.9. The molecule has 2 amide bonds. The van der Waals surface area contributed by atoms with Crippen molar-refractivity contribution in [2.24, 2.45) is 5.10 Å². The number of hydrogen-bond donors (Lipinski definition) is 2. The Bertz CT molecular complexity index is 979. The van der Waals surface area contributed by atoms with Crippen molar-refractivity contribution in [3.63, 3.8) is 0 Å². The summed E-state index contributed by atoms with van der Waals surface area (Å²) in [5, 5.41) is 17.5. The van der Waals surface area contributed by atoms with Crippen LogP contribution in [0.5, 0.6) is 0 Å². The van der Waals surface area contributed by atoms with Crippen molar-refractivity contribution in [2.75, 3.05) is 5.32 Å². The zero-order valence-electron chi connectivity index (χ0n) is 14.7. The minimum absolute atomic E-state index is 0.529. The number of aryl methyl sites for hydroxylation is 1. The highest BCUT2D eigenvalue weighted by molar-refractivity contribution is 6.39. The lowest BCUT2D eigenvalue weighted by molar-refractivity contribution is -0.136. The number of nitrogens with zero attached hydrogens (tertiary/aromatic N) is 5. The fourth-order valence-corrected chi connectivity index (χ4v) is 2.23. The van der Waals surface area contributed by atoms with E-state index >= 15 is 0 Å². The summed E-state index contributed by atoms with van der Waals surface area (Å²) < 4.78 is 1.50. The van der Waals surface area contributed by atoms with E-state index in [-0.39, 0.29) is 0 Å². The zero-order valence-corrected chi connectivity index (χ0v) is 14.7. The first-order valence-corrected chi connectivity index (χ1v) is 8.09. The molecule has 0 aliphatic rings. The molecule has 0 saturated heterocycles. The molecule has 1 aromatic heterocycles. The minimum atomic E-state index is -0.855. The number of benzene rings is 2. The highest BCUT2D eigenvalue weighted by Crippen LogP contribution is 2.10. The third-order valence-electron chi connectivity index (χ3n) is 3.72. The number of nitrogens with one attached hydrogen (secondary N) is 2. The van der Waals surface area contributed by atoms with Crippen LogP contribution in [0.25, 0.3) is 5.69 Å². The molecule has 0 unspecified atom stereocenters. The van der Waals surface area contributed by atoms with Gasteiger partial charge in [0.25, 0.3) is 0 Å². The molecule has 0 atom stereocenters. The lowest BCUT2D eigenvalue weighted by atomic mass is 10.1. The van der Waals surface area contributed by atoms with Crippen molar-refractivity contribution in [3.05, 3.63) is 66.0 Å². The summed E-state index contributed by atoms with van der Waals surface area (Å²) in [6.07, 6.45) is 1.47. The van der Waals surface area contributed by atoms with Gasteiger partial charge in [0.2, 0.25) is 0 Å². The summed E-state index contributed by atoms with van der Waals surface area (Å²) in [6, 6.07) is 14.4. The Kier molecular flexibility index (Phi) is 5.31.